The van der Waals surface area contributed by atoms with E-state index in [9.17, 15) is 0 Å². The number of rotatable bonds is 6. The lowest BCUT2D eigenvalue weighted by Crippen LogP contribution is -2.38. The molecule has 1 aromatic rings. The van der Waals surface area contributed by atoms with Crippen molar-refractivity contribution in [2.45, 2.75) is 18.9 Å². The molecule has 0 bridgehead atoms. The molecule has 1 saturated heterocycles. The summed E-state index contributed by atoms with van der Waals surface area (Å²) in [5.41, 5.74) is 1.38. The van der Waals surface area contributed by atoms with Gasteiger partial charge in [0.2, 0.25) is 0 Å². The van der Waals surface area contributed by atoms with Crippen molar-refractivity contribution in [1.29, 1.82) is 0 Å². The molecule has 1 atom stereocenters. The van der Waals surface area contributed by atoms with Crippen LogP contribution in [-0.4, -0.2) is 57.1 Å². The summed E-state index contributed by atoms with van der Waals surface area (Å²) in [4.78, 5) is 4.93. The molecule has 3 nitrogen and oxygen atoms in total. The average molecular weight is 275 g/mol. The van der Waals surface area contributed by atoms with Gasteiger partial charge in [-0.25, -0.2) is 0 Å². The Balaban J connectivity index is 1.82. The van der Waals surface area contributed by atoms with Gasteiger partial charge in [0.1, 0.15) is 0 Å². The molecule has 0 aromatic heterocycles. The second-order valence-corrected chi connectivity index (χ2v) is 6.22. The van der Waals surface area contributed by atoms with Gasteiger partial charge in [-0.15, -0.1) is 0 Å². The fourth-order valence-electron chi connectivity index (χ4n) is 3.12. The summed E-state index contributed by atoms with van der Waals surface area (Å²) >= 11 is 0. The van der Waals surface area contributed by atoms with Gasteiger partial charge >= 0.3 is 0 Å². The van der Waals surface area contributed by atoms with Crippen LogP contribution in [0.15, 0.2) is 30.3 Å². The van der Waals surface area contributed by atoms with E-state index in [1.165, 1.54) is 38.0 Å². The lowest BCUT2D eigenvalue weighted by atomic mass is 9.96. The minimum atomic E-state index is 0.424. The highest BCUT2D eigenvalue weighted by Gasteiger charge is 2.19. The molecule has 1 unspecified atom stereocenters. The number of nitrogens with one attached hydrogen (secondary N) is 1. The van der Waals surface area contributed by atoms with E-state index in [1.807, 2.05) is 0 Å². The maximum atomic E-state index is 3.44. The molecule has 0 saturated carbocycles. The average Bonchev–Trinajstić information content (AvgIpc) is 2.48. The van der Waals surface area contributed by atoms with Gasteiger partial charge in [0.05, 0.1) is 0 Å². The molecular formula is C17H29N3. The molecule has 0 radical (unpaired) electrons. The second kappa shape index (κ2) is 7.77. The molecule has 0 aliphatic carbocycles. The molecule has 0 amide bonds. The first-order valence-electron chi connectivity index (χ1n) is 7.78. The van der Waals surface area contributed by atoms with Gasteiger partial charge in [-0.1, -0.05) is 30.3 Å². The predicted molar refractivity (Wildman–Crippen MR) is 86.0 cm³/mol. The summed E-state index contributed by atoms with van der Waals surface area (Å²) in [6, 6.07) is 11.2. The Morgan fingerprint density at radius 2 is 1.90 bits per heavy atom. The number of likely N-dealkylation sites (N-methyl/N-ethyl adjacent to an activating group) is 2. The first-order chi connectivity index (χ1) is 9.69. The van der Waals surface area contributed by atoms with Crippen molar-refractivity contribution in [2.75, 3.05) is 47.3 Å². The van der Waals surface area contributed by atoms with Crippen LogP contribution in [0.1, 0.15) is 24.4 Å². The van der Waals surface area contributed by atoms with Gasteiger partial charge < -0.3 is 15.1 Å². The van der Waals surface area contributed by atoms with Gasteiger partial charge in [0.15, 0.2) is 0 Å². The van der Waals surface area contributed by atoms with Crippen molar-refractivity contribution in [3.63, 3.8) is 0 Å². The number of piperidine rings is 1. The molecule has 1 aromatic carbocycles. The van der Waals surface area contributed by atoms with Crippen molar-refractivity contribution in [1.82, 2.24) is 15.1 Å². The van der Waals surface area contributed by atoms with Crippen LogP contribution in [0.4, 0.5) is 0 Å². The van der Waals surface area contributed by atoms with Gasteiger partial charge in [-0.2, -0.15) is 0 Å². The van der Waals surface area contributed by atoms with Crippen molar-refractivity contribution >= 4 is 0 Å². The summed E-state index contributed by atoms with van der Waals surface area (Å²) in [5.74, 6) is 0.865. The highest BCUT2D eigenvalue weighted by atomic mass is 15.1. The van der Waals surface area contributed by atoms with Crippen molar-refractivity contribution in [3.8, 4) is 0 Å². The SMILES string of the molecule is CNC(CN(C)CC1CCN(C)CC1)c1ccccc1. The Labute approximate surface area is 124 Å². The third kappa shape index (κ3) is 4.58. The molecule has 112 valence electrons. The number of hydrogen-bond acceptors (Lipinski definition) is 3. The topological polar surface area (TPSA) is 18.5 Å². The maximum absolute atomic E-state index is 3.44. The zero-order chi connectivity index (χ0) is 14.4. The summed E-state index contributed by atoms with van der Waals surface area (Å²) in [6.07, 6.45) is 2.69. The van der Waals surface area contributed by atoms with E-state index in [0.29, 0.717) is 6.04 Å². The van der Waals surface area contributed by atoms with Gasteiger partial charge in [-0.3, -0.25) is 0 Å². The van der Waals surface area contributed by atoms with E-state index in [2.05, 4.69) is 66.6 Å². The van der Waals surface area contributed by atoms with Gasteiger partial charge in [-0.05, 0) is 58.6 Å². The Morgan fingerprint density at radius 3 is 2.50 bits per heavy atom. The molecule has 3 heteroatoms. The largest absolute Gasteiger partial charge is 0.312 e. The maximum Gasteiger partial charge on any atom is 0.0446 e. The molecule has 1 aliphatic heterocycles. The minimum Gasteiger partial charge on any atom is -0.312 e. The Hall–Kier alpha value is -0.900. The third-order valence-electron chi connectivity index (χ3n) is 4.45. The molecular weight excluding hydrogens is 246 g/mol. The third-order valence-corrected chi connectivity index (χ3v) is 4.45. The van der Waals surface area contributed by atoms with Gasteiger partial charge in [0, 0.05) is 19.1 Å². The standard InChI is InChI=1S/C17H29N3/c1-18-17(16-7-5-4-6-8-16)14-20(3)13-15-9-11-19(2)12-10-15/h4-8,15,17-18H,9-14H2,1-3H3. The van der Waals surface area contributed by atoms with Crippen LogP contribution < -0.4 is 5.32 Å². The predicted octanol–water partition coefficient (Wildman–Crippen LogP) is 2.22. The highest BCUT2D eigenvalue weighted by Crippen LogP contribution is 2.19. The molecule has 1 fully saturated rings. The van der Waals surface area contributed by atoms with Crippen LogP contribution in [0.25, 0.3) is 0 Å². The molecule has 2 rings (SSSR count). The first kappa shape index (κ1) is 15.5. The fraction of sp³-hybridized carbons (Fsp3) is 0.647. The number of hydrogen-bond donors (Lipinski definition) is 1. The zero-order valence-electron chi connectivity index (χ0n) is 13.2. The Bertz CT molecular complexity index is 371. The summed E-state index contributed by atoms with van der Waals surface area (Å²) in [5, 5.41) is 3.44. The zero-order valence-corrected chi connectivity index (χ0v) is 13.2. The lowest BCUT2D eigenvalue weighted by molar-refractivity contribution is 0.170. The quantitative estimate of drug-likeness (QED) is 0.859. The van der Waals surface area contributed by atoms with Crippen molar-refractivity contribution < 1.29 is 0 Å². The summed E-state index contributed by atoms with van der Waals surface area (Å²) in [7, 11) is 6.54. The van der Waals surface area contributed by atoms with E-state index >= 15 is 0 Å². The van der Waals surface area contributed by atoms with E-state index in [1.54, 1.807) is 0 Å². The van der Waals surface area contributed by atoms with Crippen LogP contribution in [0, 0.1) is 5.92 Å². The van der Waals surface area contributed by atoms with Crippen LogP contribution in [-0.2, 0) is 0 Å². The van der Waals surface area contributed by atoms with Gasteiger partial charge in [0.25, 0.3) is 0 Å². The van der Waals surface area contributed by atoms with E-state index < -0.39 is 0 Å². The molecule has 1 N–H and O–H groups in total. The molecule has 1 heterocycles. The van der Waals surface area contributed by atoms with E-state index in [-0.39, 0.29) is 0 Å². The number of nitrogens with zero attached hydrogens (tertiary/aromatic N) is 2. The smallest absolute Gasteiger partial charge is 0.0446 e. The summed E-state index contributed by atoms with van der Waals surface area (Å²) < 4.78 is 0. The minimum absolute atomic E-state index is 0.424. The molecule has 1 aliphatic rings. The number of likely N-dealkylation sites (tertiary alicyclic amines) is 1. The van der Waals surface area contributed by atoms with Crippen LogP contribution >= 0.6 is 0 Å². The van der Waals surface area contributed by atoms with E-state index in [4.69, 9.17) is 0 Å². The van der Waals surface area contributed by atoms with Crippen LogP contribution in [0.2, 0.25) is 0 Å². The fourth-order valence-corrected chi connectivity index (χ4v) is 3.12. The number of benzene rings is 1. The molecule has 0 spiro atoms. The highest BCUT2D eigenvalue weighted by molar-refractivity contribution is 5.19. The first-order valence-corrected chi connectivity index (χ1v) is 7.78. The van der Waals surface area contributed by atoms with Crippen LogP contribution in [0.3, 0.4) is 0 Å². The normalized spacial score (nSPS) is 19.4. The van der Waals surface area contributed by atoms with Crippen LogP contribution in [0.5, 0.6) is 0 Å². The summed E-state index contributed by atoms with van der Waals surface area (Å²) in [6.45, 7) is 4.81. The lowest BCUT2D eigenvalue weighted by Gasteiger charge is -2.33. The Kier molecular flexibility index (Phi) is 6.02. The van der Waals surface area contributed by atoms with Crippen molar-refractivity contribution in [3.05, 3.63) is 35.9 Å². The Morgan fingerprint density at radius 1 is 1.25 bits per heavy atom. The van der Waals surface area contributed by atoms with E-state index in [0.717, 1.165) is 12.5 Å². The second-order valence-electron chi connectivity index (χ2n) is 6.22. The van der Waals surface area contributed by atoms with Crippen molar-refractivity contribution in [2.24, 2.45) is 5.92 Å². The monoisotopic (exact) mass is 275 g/mol. The molecule has 20 heavy (non-hydrogen) atoms.